The third-order valence-corrected chi connectivity index (χ3v) is 4.37. The van der Waals surface area contributed by atoms with Gasteiger partial charge in [0.15, 0.2) is 0 Å². The number of nitrogens with zero attached hydrogens (tertiary/aromatic N) is 3. The first-order valence-electron chi connectivity index (χ1n) is 6.78. The van der Waals surface area contributed by atoms with Crippen molar-refractivity contribution >= 4 is 27.4 Å². The van der Waals surface area contributed by atoms with E-state index < -0.39 is 0 Å². The van der Waals surface area contributed by atoms with E-state index in [1.807, 2.05) is 0 Å². The number of hydrogen-bond acceptors (Lipinski definition) is 6. The summed E-state index contributed by atoms with van der Waals surface area (Å²) in [6, 6.07) is 2.17. The van der Waals surface area contributed by atoms with Crippen LogP contribution in [0.2, 0.25) is 0 Å². The van der Waals surface area contributed by atoms with Gasteiger partial charge in [0.05, 0.1) is 24.2 Å². The van der Waals surface area contributed by atoms with E-state index in [1.165, 1.54) is 4.88 Å². The van der Waals surface area contributed by atoms with Gasteiger partial charge < -0.3 is 14.4 Å². The van der Waals surface area contributed by atoms with Gasteiger partial charge in [0.25, 0.3) is 0 Å². The predicted molar refractivity (Wildman–Crippen MR) is 80.6 cm³/mol. The summed E-state index contributed by atoms with van der Waals surface area (Å²) in [6.07, 6.45) is 1.92. The van der Waals surface area contributed by atoms with E-state index in [4.69, 9.17) is 9.47 Å². The van der Waals surface area contributed by atoms with Crippen molar-refractivity contribution in [1.29, 1.82) is 0 Å². The summed E-state index contributed by atoms with van der Waals surface area (Å²) >= 11 is 1.71. The van der Waals surface area contributed by atoms with Crippen LogP contribution in [0.15, 0.2) is 12.4 Å². The molecule has 2 aromatic rings. The Bertz CT molecular complexity index is 601. The number of anilines is 1. The second-order valence-corrected chi connectivity index (χ2v) is 6.44. The second kappa shape index (κ2) is 5.63. The molecule has 2 atom stereocenters. The molecule has 20 heavy (non-hydrogen) atoms. The fourth-order valence-electron chi connectivity index (χ4n) is 2.71. The van der Waals surface area contributed by atoms with Gasteiger partial charge in [-0.3, -0.25) is 0 Å². The zero-order valence-corrected chi connectivity index (χ0v) is 12.8. The van der Waals surface area contributed by atoms with E-state index in [9.17, 15) is 0 Å². The van der Waals surface area contributed by atoms with Crippen LogP contribution in [0, 0.1) is 6.92 Å². The first-order chi connectivity index (χ1) is 9.67. The molecule has 1 saturated heterocycles. The standard InChI is InChI=1S/C14H19N3O2S/c1-9-5-17(6-11(19-9)7-18-3)13-12-4-10(2)20-14(12)16-8-15-13/h4,8-9,11H,5-7H2,1-3H3. The van der Waals surface area contributed by atoms with Gasteiger partial charge in [-0.2, -0.15) is 0 Å². The number of methoxy groups -OCH3 is 1. The van der Waals surface area contributed by atoms with Crippen molar-refractivity contribution in [3.05, 3.63) is 17.3 Å². The zero-order chi connectivity index (χ0) is 14.1. The van der Waals surface area contributed by atoms with Crippen LogP contribution in [0.3, 0.4) is 0 Å². The van der Waals surface area contributed by atoms with Crippen molar-refractivity contribution in [3.63, 3.8) is 0 Å². The molecule has 0 radical (unpaired) electrons. The maximum Gasteiger partial charge on any atom is 0.140 e. The number of aryl methyl sites for hydroxylation is 1. The molecule has 0 saturated carbocycles. The summed E-state index contributed by atoms with van der Waals surface area (Å²) in [4.78, 5) is 13.5. The first kappa shape index (κ1) is 13.7. The molecule has 0 spiro atoms. The number of fused-ring (bicyclic) bond motifs is 1. The average molecular weight is 293 g/mol. The molecule has 108 valence electrons. The van der Waals surface area contributed by atoms with E-state index in [0.29, 0.717) is 6.61 Å². The number of ether oxygens (including phenoxy) is 2. The molecular formula is C14H19N3O2S. The molecule has 0 N–H and O–H groups in total. The van der Waals surface area contributed by atoms with Gasteiger partial charge in [-0.15, -0.1) is 11.3 Å². The molecule has 1 aliphatic heterocycles. The number of rotatable bonds is 3. The lowest BCUT2D eigenvalue weighted by Crippen LogP contribution is -2.48. The number of thiophene rings is 1. The average Bonchev–Trinajstić information content (AvgIpc) is 2.78. The van der Waals surface area contributed by atoms with E-state index in [0.717, 1.165) is 29.1 Å². The third kappa shape index (κ3) is 2.63. The molecule has 0 aliphatic carbocycles. The summed E-state index contributed by atoms with van der Waals surface area (Å²) in [6.45, 7) is 6.45. The Morgan fingerprint density at radius 2 is 2.30 bits per heavy atom. The molecule has 2 unspecified atom stereocenters. The highest BCUT2D eigenvalue weighted by atomic mass is 32.1. The highest BCUT2D eigenvalue weighted by Crippen LogP contribution is 2.31. The Morgan fingerprint density at radius 1 is 1.45 bits per heavy atom. The van der Waals surface area contributed by atoms with Crippen molar-refractivity contribution in [1.82, 2.24) is 9.97 Å². The van der Waals surface area contributed by atoms with Gasteiger partial charge in [0.2, 0.25) is 0 Å². The number of aromatic nitrogens is 2. The van der Waals surface area contributed by atoms with E-state index >= 15 is 0 Å². The van der Waals surface area contributed by atoms with Gasteiger partial charge in [0, 0.05) is 25.1 Å². The lowest BCUT2D eigenvalue weighted by atomic mass is 10.2. The lowest BCUT2D eigenvalue weighted by molar-refractivity contribution is -0.0512. The van der Waals surface area contributed by atoms with Gasteiger partial charge in [-0.05, 0) is 19.9 Å². The molecule has 0 bridgehead atoms. The molecule has 1 fully saturated rings. The molecule has 3 rings (SSSR count). The van der Waals surface area contributed by atoms with Crippen LogP contribution in [0.1, 0.15) is 11.8 Å². The van der Waals surface area contributed by atoms with E-state index in [1.54, 1.807) is 24.8 Å². The smallest absolute Gasteiger partial charge is 0.140 e. The summed E-state index contributed by atoms with van der Waals surface area (Å²) in [7, 11) is 1.71. The van der Waals surface area contributed by atoms with Crippen LogP contribution in [0.25, 0.3) is 10.2 Å². The first-order valence-corrected chi connectivity index (χ1v) is 7.59. The van der Waals surface area contributed by atoms with Crippen molar-refractivity contribution in [3.8, 4) is 0 Å². The minimum Gasteiger partial charge on any atom is -0.382 e. The SMILES string of the molecule is COCC1CN(c2ncnc3sc(C)cc23)CC(C)O1. The van der Waals surface area contributed by atoms with Gasteiger partial charge >= 0.3 is 0 Å². The molecular weight excluding hydrogens is 274 g/mol. The van der Waals surface area contributed by atoms with Crippen molar-refractivity contribution < 1.29 is 9.47 Å². The molecule has 2 aromatic heterocycles. The zero-order valence-electron chi connectivity index (χ0n) is 12.0. The highest BCUT2D eigenvalue weighted by molar-refractivity contribution is 7.18. The van der Waals surface area contributed by atoms with E-state index in [2.05, 4.69) is 34.8 Å². The third-order valence-electron chi connectivity index (χ3n) is 3.41. The predicted octanol–water partition coefficient (Wildman–Crippen LogP) is 2.24. The Labute approximate surface area is 122 Å². The lowest BCUT2D eigenvalue weighted by Gasteiger charge is -2.37. The van der Waals surface area contributed by atoms with Crippen LogP contribution in [0.5, 0.6) is 0 Å². The van der Waals surface area contributed by atoms with Crippen LogP contribution in [0.4, 0.5) is 5.82 Å². The second-order valence-electron chi connectivity index (χ2n) is 5.20. The van der Waals surface area contributed by atoms with Crippen molar-refractivity contribution in [2.75, 3.05) is 31.7 Å². The van der Waals surface area contributed by atoms with Gasteiger partial charge in [0.1, 0.15) is 17.0 Å². The topological polar surface area (TPSA) is 47.5 Å². The molecule has 1 aliphatic rings. The summed E-state index contributed by atoms with van der Waals surface area (Å²) < 4.78 is 11.1. The minimum atomic E-state index is 0.0912. The number of morpholine rings is 1. The Kier molecular flexibility index (Phi) is 3.87. The maximum atomic E-state index is 5.89. The largest absolute Gasteiger partial charge is 0.382 e. The quantitative estimate of drug-likeness (QED) is 0.868. The Morgan fingerprint density at radius 3 is 3.10 bits per heavy atom. The Hall–Kier alpha value is -1.24. The minimum absolute atomic E-state index is 0.0912. The Balaban J connectivity index is 1.93. The van der Waals surface area contributed by atoms with E-state index in [-0.39, 0.29) is 12.2 Å². The van der Waals surface area contributed by atoms with Crippen LogP contribution in [-0.2, 0) is 9.47 Å². The number of hydrogen-bond donors (Lipinski definition) is 0. The normalized spacial score (nSPS) is 23.4. The van der Waals surface area contributed by atoms with Crippen molar-refractivity contribution in [2.24, 2.45) is 0 Å². The van der Waals surface area contributed by atoms with Gasteiger partial charge in [-0.25, -0.2) is 9.97 Å². The van der Waals surface area contributed by atoms with Crippen LogP contribution < -0.4 is 4.90 Å². The molecule has 5 nitrogen and oxygen atoms in total. The summed E-state index contributed by atoms with van der Waals surface area (Å²) in [5.41, 5.74) is 0. The van der Waals surface area contributed by atoms with Crippen LogP contribution >= 0.6 is 11.3 Å². The monoisotopic (exact) mass is 293 g/mol. The fourth-order valence-corrected chi connectivity index (χ4v) is 3.55. The fraction of sp³-hybridized carbons (Fsp3) is 0.571. The summed E-state index contributed by atoms with van der Waals surface area (Å²) in [5.74, 6) is 1.01. The maximum absolute atomic E-state index is 5.89. The van der Waals surface area contributed by atoms with Crippen LogP contribution in [-0.4, -0.2) is 49.0 Å². The molecule has 0 amide bonds. The molecule has 0 aromatic carbocycles. The summed E-state index contributed by atoms with van der Waals surface area (Å²) in [5, 5.41) is 1.14. The van der Waals surface area contributed by atoms with Gasteiger partial charge in [-0.1, -0.05) is 0 Å². The highest BCUT2D eigenvalue weighted by Gasteiger charge is 2.27. The van der Waals surface area contributed by atoms with Crippen molar-refractivity contribution in [2.45, 2.75) is 26.1 Å². The molecule has 3 heterocycles. The molecule has 6 heteroatoms.